The summed E-state index contributed by atoms with van der Waals surface area (Å²) in [5, 5.41) is 0. The first-order valence-corrected chi connectivity index (χ1v) is 5.02. The van der Waals surface area contributed by atoms with E-state index in [9.17, 15) is 9.18 Å². The van der Waals surface area contributed by atoms with Crippen LogP contribution in [0.25, 0.3) is 0 Å². The number of esters is 1. The Balaban J connectivity index is 2.92. The van der Waals surface area contributed by atoms with Gasteiger partial charge >= 0.3 is 5.97 Å². The smallest absolute Gasteiger partial charge is 0.308 e. The monoisotopic (exact) mass is 210 g/mol. The van der Waals surface area contributed by atoms with E-state index in [4.69, 9.17) is 4.74 Å². The average molecular weight is 210 g/mol. The molecule has 2 nitrogen and oxygen atoms in total. The van der Waals surface area contributed by atoms with Gasteiger partial charge in [-0.05, 0) is 30.0 Å². The summed E-state index contributed by atoms with van der Waals surface area (Å²) in [7, 11) is 0. The summed E-state index contributed by atoms with van der Waals surface area (Å²) < 4.78 is 18.1. The van der Waals surface area contributed by atoms with E-state index in [1.807, 2.05) is 13.8 Å². The maximum absolute atomic E-state index is 13.4. The molecule has 0 fully saturated rings. The van der Waals surface area contributed by atoms with E-state index >= 15 is 0 Å². The summed E-state index contributed by atoms with van der Waals surface area (Å²) in [6.07, 6.45) is 0.951. The summed E-state index contributed by atoms with van der Waals surface area (Å²) in [5.41, 5.74) is 0.922. The third kappa shape index (κ3) is 3.05. The van der Waals surface area contributed by atoms with Crippen molar-refractivity contribution in [3.05, 3.63) is 29.6 Å². The molecule has 3 heteroatoms. The van der Waals surface area contributed by atoms with Crippen molar-refractivity contribution in [2.45, 2.75) is 33.1 Å². The molecule has 1 aromatic rings. The lowest BCUT2D eigenvalue weighted by Crippen LogP contribution is -2.04. The summed E-state index contributed by atoms with van der Waals surface area (Å²) in [5.74, 6) is -0.686. The van der Waals surface area contributed by atoms with Crippen LogP contribution in [0.1, 0.15) is 38.7 Å². The van der Waals surface area contributed by atoms with Crippen molar-refractivity contribution >= 4 is 5.97 Å². The lowest BCUT2D eigenvalue weighted by Gasteiger charge is -2.10. The van der Waals surface area contributed by atoms with Crippen molar-refractivity contribution in [3.63, 3.8) is 0 Å². The van der Waals surface area contributed by atoms with Crippen LogP contribution in [0.2, 0.25) is 0 Å². The van der Waals surface area contributed by atoms with Crippen molar-refractivity contribution in [2.75, 3.05) is 0 Å². The zero-order chi connectivity index (χ0) is 11.4. The summed E-state index contributed by atoms with van der Waals surface area (Å²) in [6, 6.07) is 4.71. The maximum Gasteiger partial charge on any atom is 0.308 e. The summed E-state index contributed by atoms with van der Waals surface area (Å²) in [6.45, 7) is 5.32. The molecular formula is C12H15FO2. The zero-order valence-corrected chi connectivity index (χ0v) is 9.21. The molecule has 0 radical (unpaired) electrons. The molecule has 0 aliphatic heterocycles. The van der Waals surface area contributed by atoms with E-state index in [2.05, 4.69) is 0 Å². The van der Waals surface area contributed by atoms with Gasteiger partial charge in [-0.1, -0.05) is 19.9 Å². The number of benzene rings is 1. The van der Waals surface area contributed by atoms with E-state index in [0.29, 0.717) is 5.92 Å². The first kappa shape index (κ1) is 11.7. The van der Waals surface area contributed by atoms with Crippen LogP contribution < -0.4 is 4.74 Å². The molecule has 0 N–H and O–H groups in total. The fraction of sp³-hybridized carbons (Fsp3) is 0.417. The van der Waals surface area contributed by atoms with Crippen molar-refractivity contribution in [2.24, 2.45) is 0 Å². The Kier molecular flexibility index (Phi) is 3.83. The number of hydrogen-bond donors (Lipinski definition) is 0. The Hall–Kier alpha value is -1.38. The highest BCUT2D eigenvalue weighted by Crippen LogP contribution is 2.24. The minimum absolute atomic E-state index is 0.00504. The van der Waals surface area contributed by atoms with Gasteiger partial charge in [-0.2, -0.15) is 0 Å². The second-order valence-corrected chi connectivity index (χ2v) is 3.59. The third-order valence-corrected chi connectivity index (χ3v) is 2.39. The van der Waals surface area contributed by atoms with E-state index in [1.165, 1.54) is 19.1 Å². The van der Waals surface area contributed by atoms with Gasteiger partial charge in [0.1, 0.15) is 0 Å². The third-order valence-electron chi connectivity index (χ3n) is 2.39. The summed E-state index contributed by atoms with van der Waals surface area (Å²) >= 11 is 0. The zero-order valence-electron chi connectivity index (χ0n) is 9.21. The van der Waals surface area contributed by atoms with Crippen LogP contribution in [0.4, 0.5) is 4.39 Å². The topological polar surface area (TPSA) is 26.3 Å². The Morgan fingerprint density at radius 3 is 2.67 bits per heavy atom. The van der Waals surface area contributed by atoms with E-state index in [0.717, 1.165) is 12.0 Å². The lowest BCUT2D eigenvalue weighted by atomic mass is 9.98. The highest BCUT2D eigenvalue weighted by molar-refractivity contribution is 5.69. The SMILES string of the molecule is CCC(C)c1ccc(OC(C)=O)c(F)c1. The van der Waals surface area contributed by atoms with Gasteiger partial charge in [0.25, 0.3) is 0 Å². The molecule has 0 saturated heterocycles. The quantitative estimate of drug-likeness (QED) is 0.565. The van der Waals surface area contributed by atoms with Gasteiger partial charge in [0.15, 0.2) is 11.6 Å². The van der Waals surface area contributed by atoms with Gasteiger partial charge in [0.2, 0.25) is 0 Å². The normalized spacial score (nSPS) is 12.3. The van der Waals surface area contributed by atoms with E-state index < -0.39 is 11.8 Å². The minimum atomic E-state index is -0.509. The van der Waals surface area contributed by atoms with Crippen molar-refractivity contribution in [1.29, 1.82) is 0 Å². The van der Waals surface area contributed by atoms with Crippen LogP contribution >= 0.6 is 0 Å². The van der Waals surface area contributed by atoms with E-state index in [-0.39, 0.29) is 5.75 Å². The molecule has 0 aliphatic carbocycles. The van der Waals surface area contributed by atoms with E-state index in [1.54, 1.807) is 6.07 Å². The van der Waals surface area contributed by atoms with Gasteiger partial charge in [0.05, 0.1) is 0 Å². The van der Waals surface area contributed by atoms with Crippen molar-refractivity contribution < 1.29 is 13.9 Å². The molecule has 0 aromatic heterocycles. The number of carbonyl (C=O) groups excluding carboxylic acids is 1. The second-order valence-electron chi connectivity index (χ2n) is 3.59. The molecule has 0 amide bonds. The molecule has 1 aromatic carbocycles. The average Bonchev–Trinajstić information content (AvgIpc) is 2.19. The van der Waals surface area contributed by atoms with Crippen LogP contribution in [-0.4, -0.2) is 5.97 Å². The number of hydrogen-bond acceptors (Lipinski definition) is 2. The highest BCUT2D eigenvalue weighted by atomic mass is 19.1. The number of halogens is 1. The first-order chi connectivity index (χ1) is 7.04. The fourth-order valence-corrected chi connectivity index (χ4v) is 1.30. The summed E-state index contributed by atoms with van der Waals surface area (Å²) in [4.78, 5) is 10.7. The molecule has 1 unspecified atom stereocenters. The van der Waals surface area contributed by atoms with Crippen molar-refractivity contribution in [3.8, 4) is 5.75 Å². The molecular weight excluding hydrogens is 195 g/mol. The first-order valence-electron chi connectivity index (χ1n) is 5.02. The lowest BCUT2D eigenvalue weighted by molar-refractivity contribution is -0.132. The molecule has 0 bridgehead atoms. The predicted molar refractivity (Wildman–Crippen MR) is 56.4 cm³/mol. The molecule has 1 atom stereocenters. The standard InChI is InChI=1S/C12H15FO2/c1-4-8(2)10-5-6-12(11(13)7-10)15-9(3)14/h5-8H,4H2,1-3H3. The number of carbonyl (C=O) groups is 1. The molecule has 1 rings (SSSR count). The molecule has 0 spiro atoms. The Labute approximate surface area is 89.1 Å². The second kappa shape index (κ2) is 4.91. The largest absolute Gasteiger partial charge is 0.424 e. The van der Waals surface area contributed by atoms with Gasteiger partial charge < -0.3 is 4.74 Å². The maximum atomic E-state index is 13.4. The predicted octanol–water partition coefficient (Wildman–Crippen LogP) is 3.26. The molecule has 0 aliphatic rings. The molecule has 82 valence electrons. The van der Waals surface area contributed by atoms with Crippen molar-refractivity contribution in [1.82, 2.24) is 0 Å². The van der Waals surface area contributed by atoms with Gasteiger partial charge in [-0.15, -0.1) is 0 Å². The van der Waals surface area contributed by atoms with Gasteiger partial charge in [-0.25, -0.2) is 4.39 Å². The van der Waals surface area contributed by atoms with Crippen LogP contribution in [0.5, 0.6) is 5.75 Å². The number of rotatable bonds is 3. The highest BCUT2D eigenvalue weighted by Gasteiger charge is 2.09. The Bertz CT molecular complexity index is 361. The Morgan fingerprint density at radius 2 is 2.20 bits per heavy atom. The fourth-order valence-electron chi connectivity index (χ4n) is 1.30. The molecule has 15 heavy (non-hydrogen) atoms. The van der Waals surface area contributed by atoms with Gasteiger partial charge in [-0.3, -0.25) is 4.79 Å². The minimum Gasteiger partial charge on any atom is -0.424 e. The van der Waals surface area contributed by atoms with Crippen LogP contribution in [-0.2, 0) is 4.79 Å². The van der Waals surface area contributed by atoms with Crippen LogP contribution in [0.3, 0.4) is 0 Å². The number of ether oxygens (including phenoxy) is 1. The molecule has 0 heterocycles. The Morgan fingerprint density at radius 1 is 1.53 bits per heavy atom. The van der Waals surface area contributed by atoms with Crippen LogP contribution in [0.15, 0.2) is 18.2 Å². The molecule has 0 saturated carbocycles. The van der Waals surface area contributed by atoms with Gasteiger partial charge in [0, 0.05) is 6.92 Å². The van der Waals surface area contributed by atoms with Crippen LogP contribution in [0, 0.1) is 5.82 Å².